The molecule has 2 atom stereocenters. The minimum absolute atomic E-state index is 0.0143. The van der Waals surface area contributed by atoms with Gasteiger partial charge in [0.25, 0.3) is 11.8 Å². The maximum absolute atomic E-state index is 12.6. The maximum atomic E-state index is 12.6. The van der Waals surface area contributed by atoms with Gasteiger partial charge < -0.3 is 19.4 Å². The van der Waals surface area contributed by atoms with E-state index in [4.69, 9.17) is 9.15 Å². The molecule has 0 aliphatic carbocycles. The number of ether oxygens (including phenoxy) is 1. The smallest absolute Gasteiger partial charge is 0.292 e. The number of nitrogens with zero attached hydrogens (tertiary/aromatic N) is 3. The molecule has 2 unspecified atom stereocenters. The van der Waals surface area contributed by atoms with Crippen molar-refractivity contribution in [2.75, 3.05) is 18.4 Å². The van der Waals surface area contributed by atoms with Crippen molar-refractivity contribution in [3.8, 4) is 0 Å². The van der Waals surface area contributed by atoms with Gasteiger partial charge in [0, 0.05) is 26.2 Å². The summed E-state index contributed by atoms with van der Waals surface area (Å²) < 4.78 is 12.1. The second-order valence-electron chi connectivity index (χ2n) is 5.94. The number of hydrogen-bond acceptors (Lipinski definition) is 5. The largest absolute Gasteiger partial charge is 0.459 e. The highest BCUT2D eigenvalue weighted by Gasteiger charge is 2.28. The highest BCUT2D eigenvalue weighted by molar-refractivity contribution is 6.02. The van der Waals surface area contributed by atoms with E-state index in [0.717, 1.165) is 0 Å². The van der Waals surface area contributed by atoms with E-state index >= 15 is 0 Å². The molecule has 128 valence electrons. The van der Waals surface area contributed by atoms with Crippen molar-refractivity contribution in [2.24, 2.45) is 7.05 Å². The number of carbonyl (C=O) groups excluding carboxylic acids is 2. The zero-order chi connectivity index (χ0) is 17.3. The lowest BCUT2D eigenvalue weighted by Gasteiger charge is -2.34. The van der Waals surface area contributed by atoms with Crippen LogP contribution >= 0.6 is 0 Å². The Bertz CT molecular complexity index is 727. The number of anilines is 1. The fourth-order valence-corrected chi connectivity index (χ4v) is 2.78. The number of rotatable bonds is 3. The molecule has 3 rings (SSSR count). The van der Waals surface area contributed by atoms with Crippen LogP contribution in [0.25, 0.3) is 0 Å². The van der Waals surface area contributed by atoms with Gasteiger partial charge in [-0.2, -0.15) is 5.10 Å². The number of aryl methyl sites for hydroxylation is 1. The quantitative estimate of drug-likeness (QED) is 0.920. The molecule has 2 aromatic rings. The van der Waals surface area contributed by atoms with E-state index in [1.165, 1.54) is 10.9 Å². The molecule has 2 aromatic heterocycles. The first kappa shape index (κ1) is 16.3. The van der Waals surface area contributed by atoms with E-state index in [2.05, 4.69) is 10.4 Å². The first-order valence-corrected chi connectivity index (χ1v) is 7.77. The van der Waals surface area contributed by atoms with Crippen molar-refractivity contribution in [1.82, 2.24) is 14.7 Å². The van der Waals surface area contributed by atoms with Gasteiger partial charge in [0.2, 0.25) is 0 Å². The Hall–Kier alpha value is -2.61. The first-order chi connectivity index (χ1) is 11.4. The van der Waals surface area contributed by atoms with Gasteiger partial charge in [-0.15, -0.1) is 0 Å². The van der Waals surface area contributed by atoms with E-state index in [1.54, 1.807) is 30.1 Å². The molecule has 0 spiro atoms. The summed E-state index contributed by atoms with van der Waals surface area (Å²) in [4.78, 5) is 26.4. The molecule has 24 heavy (non-hydrogen) atoms. The average Bonchev–Trinajstić information content (AvgIpc) is 3.16. The van der Waals surface area contributed by atoms with Crippen LogP contribution in [0.4, 0.5) is 5.82 Å². The van der Waals surface area contributed by atoms with Crippen molar-refractivity contribution in [2.45, 2.75) is 26.1 Å². The van der Waals surface area contributed by atoms with E-state index in [0.29, 0.717) is 18.9 Å². The van der Waals surface area contributed by atoms with Crippen LogP contribution in [0, 0.1) is 0 Å². The first-order valence-electron chi connectivity index (χ1n) is 7.77. The third-order valence-electron chi connectivity index (χ3n) is 3.79. The summed E-state index contributed by atoms with van der Waals surface area (Å²) >= 11 is 0. The van der Waals surface area contributed by atoms with Gasteiger partial charge in [0.1, 0.15) is 5.82 Å². The van der Waals surface area contributed by atoms with E-state index in [1.807, 2.05) is 13.8 Å². The van der Waals surface area contributed by atoms with Crippen molar-refractivity contribution < 1.29 is 18.7 Å². The summed E-state index contributed by atoms with van der Waals surface area (Å²) in [6.45, 7) is 4.91. The van der Waals surface area contributed by atoms with Gasteiger partial charge in [-0.05, 0) is 26.0 Å². The molecule has 0 saturated carbocycles. The summed E-state index contributed by atoms with van der Waals surface area (Å²) in [5.74, 6) is 0.0516. The summed E-state index contributed by atoms with van der Waals surface area (Å²) in [5, 5.41) is 6.89. The minimum atomic E-state index is -0.393. The van der Waals surface area contributed by atoms with Gasteiger partial charge in [0.15, 0.2) is 11.5 Å². The molecule has 8 heteroatoms. The number of hydrogen-bond donors (Lipinski definition) is 1. The van der Waals surface area contributed by atoms with Crippen molar-refractivity contribution in [3.05, 3.63) is 35.9 Å². The third kappa shape index (κ3) is 3.33. The Labute approximate surface area is 139 Å². The lowest BCUT2D eigenvalue weighted by Crippen LogP contribution is -2.48. The number of nitrogens with one attached hydrogen (secondary N) is 1. The van der Waals surface area contributed by atoms with Crippen LogP contribution in [-0.2, 0) is 11.8 Å². The van der Waals surface area contributed by atoms with Crippen LogP contribution in [-0.4, -0.2) is 51.8 Å². The van der Waals surface area contributed by atoms with Gasteiger partial charge in [-0.1, -0.05) is 0 Å². The SMILES string of the molecule is CC1CN(C(=O)c2cc(NC(=O)c3ccco3)n(C)n2)CC(C)O1. The van der Waals surface area contributed by atoms with E-state index in [-0.39, 0.29) is 29.6 Å². The van der Waals surface area contributed by atoms with E-state index < -0.39 is 5.91 Å². The molecular formula is C16H20N4O4. The number of amides is 2. The zero-order valence-corrected chi connectivity index (χ0v) is 13.9. The fourth-order valence-electron chi connectivity index (χ4n) is 2.78. The Morgan fingerprint density at radius 1 is 1.29 bits per heavy atom. The number of carbonyl (C=O) groups is 2. The molecular weight excluding hydrogens is 312 g/mol. The van der Waals surface area contributed by atoms with Crippen LogP contribution < -0.4 is 5.32 Å². The molecule has 1 N–H and O–H groups in total. The topological polar surface area (TPSA) is 89.6 Å². The molecule has 0 bridgehead atoms. The maximum Gasteiger partial charge on any atom is 0.292 e. The van der Waals surface area contributed by atoms with E-state index in [9.17, 15) is 9.59 Å². The zero-order valence-electron chi connectivity index (χ0n) is 13.9. The highest BCUT2D eigenvalue weighted by Crippen LogP contribution is 2.17. The van der Waals surface area contributed by atoms with Gasteiger partial charge >= 0.3 is 0 Å². The molecule has 1 saturated heterocycles. The Balaban J connectivity index is 1.73. The number of aromatic nitrogens is 2. The van der Waals surface area contributed by atoms with Gasteiger partial charge in [-0.25, -0.2) is 0 Å². The predicted molar refractivity (Wildman–Crippen MR) is 85.8 cm³/mol. The minimum Gasteiger partial charge on any atom is -0.459 e. The van der Waals surface area contributed by atoms with Crippen LogP contribution in [0.3, 0.4) is 0 Å². The summed E-state index contributed by atoms with van der Waals surface area (Å²) in [6, 6.07) is 4.76. The number of furan rings is 1. The molecule has 1 aliphatic heterocycles. The molecule has 2 amide bonds. The van der Waals surface area contributed by atoms with Crippen LogP contribution in [0.2, 0.25) is 0 Å². The van der Waals surface area contributed by atoms with Gasteiger partial charge in [0.05, 0.1) is 18.5 Å². The average molecular weight is 332 g/mol. The summed E-state index contributed by atoms with van der Waals surface area (Å²) in [5.41, 5.74) is 0.286. The van der Waals surface area contributed by atoms with Crippen LogP contribution in [0.5, 0.6) is 0 Å². The lowest BCUT2D eigenvalue weighted by molar-refractivity contribution is -0.0587. The summed E-state index contributed by atoms with van der Waals surface area (Å²) in [6.07, 6.45) is 1.40. The van der Waals surface area contributed by atoms with Crippen LogP contribution in [0.15, 0.2) is 28.9 Å². The Morgan fingerprint density at radius 2 is 2.00 bits per heavy atom. The van der Waals surface area contributed by atoms with Crippen molar-refractivity contribution in [3.63, 3.8) is 0 Å². The molecule has 3 heterocycles. The van der Waals surface area contributed by atoms with Crippen LogP contribution in [0.1, 0.15) is 34.9 Å². The molecule has 0 aromatic carbocycles. The second kappa shape index (κ2) is 6.48. The van der Waals surface area contributed by atoms with Crippen molar-refractivity contribution in [1.29, 1.82) is 0 Å². The predicted octanol–water partition coefficient (Wildman–Crippen LogP) is 1.51. The molecule has 0 radical (unpaired) electrons. The molecule has 1 fully saturated rings. The fraction of sp³-hybridized carbons (Fsp3) is 0.438. The normalized spacial score (nSPS) is 20.9. The highest BCUT2D eigenvalue weighted by atomic mass is 16.5. The lowest BCUT2D eigenvalue weighted by atomic mass is 10.2. The molecule has 8 nitrogen and oxygen atoms in total. The standard InChI is InChI=1S/C16H20N4O4/c1-10-8-20(9-11(2)24-10)16(22)12-7-14(19(3)18-12)17-15(21)13-5-4-6-23-13/h4-7,10-11H,8-9H2,1-3H3,(H,17,21). The van der Waals surface area contributed by atoms with Gasteiger partial charge in [-0.3, -0.25) is 14.3 Å². The monoisotopic (exact) mass is 332 g/mol. The summed E-state index contributed by atoms with van der Waals surface area (Å²) in [7, 11) is 1.67. The Morgan fingerprint density at radius 3 is 2.62 bits per heavy atom. The molecule has 1 aliphatic rings. The Kier molecular flexibility index (Phi) is 4.39. The third-order valence-corrected chi connectivity index (χ3v) is 3.79. The second-order valence-corrected chi connectivity index (χ2v) is 5.94. The number of morpholine rings is 1. The van der Waals surface area contributed by atoms with Crippen molar-refractivity contribution >= 4 is 17.6 Å².